The molecule has 152 valence electrons. The number of fused-ring (bicyclic) bond motifs is 1. The Labute approximate surface area is 169 Å². The predicted molar refractivity (Wildman–Crippen MR) is 106 cm³/mol. The van der Waals surface area contributed by atoms with Crippen LogP contribution in [0.15, 0.2) is 48.5 Å². The van der Waals surface area contributed by atoms with E-state index in [0.717, 1.165) is 30.1 Å². The van der Waals surface area contributed by atoms with E-state index >= 15 is 0 Å². The molecule has 2 aromatic carbocycles. The first-order valence-electron chi connectivity index (χ1n) is 9.99. The molecule has 1 atom stereocenters. The summed E-state index contributed by atoms with van der Waals surface area (Å²) in [6.45, 7) is 2.93. The van der Waals surface area contributed by atoms with Crippen LogP contribution >= 0.6 is 0 Å². The summed E-state index contributed by atoms with van der Waals surface area (Å²) in [6.07, 6.45) is 0.778. The molecule has 1 unspecified atom stereocenters. The first-order chi connectivity index (χ1) is 14.1. The quantitative estimate of drug-likeness (QED) is 0.857. The van der Waals surface area contributed by atoms with Crippen LogP contribution in [-0.4, -0.2) is 55.2 Å². The Morgan fingerprint density at radius 1 is 1.03 bits per heavy atom. The van der Waals surface area contributed by atoms with Crippen molar-refractivity contribution in [1.29, 1.82) is 0 Å². The molecule has 3 aliphatic rings. The highest BCUT2D eigenvalue weighted by molar-refractivity contribution is 5.89. The van der Waals surface area contributed by atoms with Crippen molar-refractivity contribution in [3.63, 3.8) is 0 Å². The van der Waals surface area contributed by atoms with E-state index < -0.39 is 5.60 Å². The first-order valence-corrected chi connectivity index (χ1v) is 9.99. The number of anilines is 1. The summed E-state index contributed by atoms with van der Waals surface area (Å²) in [4.78, 5) is 16.2. The zero-order valence-electron chi connectivity index (χ0n) is 16.1. The molecule has 0 radical (unpaired) electrons. The Morgan fingerprint density at radius 3 is 2.59 bits per heavy atom. The summed E-state index contributed by atoms with van der Waals surface area (Å²) in [5, 5.41) is 11.2. The smallest absolute Gasteiger partial charge is 0.414 e. The Hall–Kier alpha value is -2.77. The summed E-state index contributed by atoms with van der Waals surface area (Å²) >= 11 is 0. The summed E-state index contributed by atoms with van der Waals surface area (Å²) in [5.41, 5.74) is 0.847. The number of hydrogen-bond donors (Lipinski definition) is 1. The minimum Gasteiger partial charge on any atom is -0.454 e. The summed E-state index contributed by atoms with van der Waals surface area (Å²) in [7, 11) is 0. The van der Waals surface area contributed by atoms with E-state index in [1.807, 2.05) is 48.5 Å². The summed E-state index contributed by atoms with van der Waals surface area (Å²) < 4.78 is 16.4. The van der Waals surface area contributed by atoms with Gasteiger partial charge in [0.2, 0.25) is 6.79 Å². The number of aliphatic hydroxyl groups is 1. The van der Waals surface area contributed by atoms with E-state index in [0.29, 0.717) is 31.7 Å². The van der Waals surface area contributed by atoms with Gasteiger partial charge in [0.15, 0.2) is 11.5 Å². The highest BCUT2D eigenvalue weighted by Crippen LogP contribution is 2.39. The molecular formula is C22H24N2O5. The van der Waals surface area contributed by atoms with Crippen molar-refractivity contribution in [1.82, 2.24) is 4.90 Å². The lowest BCUT2D eigenvalue weighted by atomic mass is 9.84. The van der Waals surface area contributed by atoms with Gasteiger partial charge in [0, 0.05) is 25.3 Å². The lowest BCUT2D eigenvalue weighted by molar-refractivity contribution is -0.0325. The van der Waals surface area contributed by atoms with Gasteiger partial charge < -0.3 is 19.3 Å². The van der Waals surface area contributed by atoms with Crippen molar-refractivity contribution in [2.75, 3.05) is 37.9 Å². The Balaban J connectivity index is 1.19. The van der Waals surface area contributed by atoms with Gasteiger partial charge in [-0.3, -0.25) is 9.80 Å². The Bertz CT molecular complexity index is 895. The Kier molecular flexibility index (Phi) is 4.56. The number of piperidine rings is 1. The minimum atomic E-state index is -0.875. The zero-order valence-corrected chi connectivity index (χ0v) is 16.1. The number of amides is 1. The largest absolute Gasteiger partial charge is 0.454 e. The van der Waals surface area contributed by atoms with Crippen LogP contribution in [0.25, 0.3) is 0 Å². The summed E-state index contributed by atoms with van der Waals surface area (Å²) in [6, 6.07) is 15.2. The van der Waals surface area contributed by atoms with Crippen LogP contribution in [0.2, 0.25) is 0 Å². The maximum atomic E-state index is 12.2. The zero-order chi connectivity index (χ0) is 19.8. The molecular weight excluding hydrogens is 372 g/mol. The molecule has 0 bridgehead atoms. The summed E-state index contributed by atoms with van der Waals surface area (Å²) in [5.74, 6) is 1.41. The maximum absolute atomic E-state index is 12.2. The van der Waals surface area contributed by atoms with Crippen LogP contribution in [0.5, 0.6) is 11.5 Å². The molecule has 0 aliphatic carbocycles. The number of ether oxygens (including phenoxy) is 3. The molecule has 2 aromatic rings. The van der Waals surface area contributed by atoms with E-state index in [9.17, 15) is 9.90 Å². The van der Waals surface area contributed by atoms with Crippen LogP contribution in [0.4, 0.5) is 10.5 Å². The number of carbonyl (C=O) groups excluding carboxylic acids is 1. The normalized spacial score (nSPS) is 23.3. The van der Waals surface area contributed by atoms with Gasteiger partial charge >= 0.3 is 6.09 Å². The minimum absolute atomic E-state index is 0.167. The average Bonchev–Trinajstić information content (AvgIpc) is 3.36. The molecule has 3 heterocycles. The van der Waals surface area contributed by atoms with Crippen molar-refractivity contribution in [2.45, 2.75) is 24.5 Å². The lowest BCUT2D eigenvalue weighted by Gasteiger charge is -2.39. The number of carbonyl (C=O) groups is 1. The third-order valence-electron chi connectivity index (χ3n) is 6.00. The highest BCUT2D eigenvalue weighted by atomic mass is 16.7. The molecule has 0 aromatic heterocycles. The fourth-order valence-corrected chi connectivity index (χ4v) is 4.30. The van der Waals surface area contributed by atoms with Crippen molar-refractivity contribution in [3.8, 4) is 11.5 Å². The van der Waals surface area contributed by atoms with Crippen LogP contribution in [0, 0.1) is 0 Å². The monoisotopic (exact) mass is 396 g/mol. The fourth-order valence-electron chi connectivity index (χ4n) is 4.30. The molecule has 1 amide bonds. The molecule has 29 heavy (non-hydrogen) atoms. The molecule has 0 saturated carbocycles. The van der Waals surface area contributed by atoms with Gasteiger partial charge in [-0.1, -0.05) is 24.3 Å². The number of cyclic esters (lactones) is 1. The second kappa shape index (κ2) is 7.24. The molecule has 1 N–H and O–H groups in total. The first kappa shape index (κ1) is 18.3. The number of nitrogens with zero attached hydrogens (tertiary/aromatic N) is 2. The van der Waals surface area contributed by atoms with E-state index in [1.54, 1.807) is 4.90 Å². The van der Waals surface area contributed by atoms with E-state index in [2.05, 4.69) is 4.90 Å². The number of hydrogen-bond acceptors (Lipinski definition) is 6. The average molecular weight is 396 g/mol. The van der Waals surface area contributed by atoms with Crippen LogP contribution in [0.1, 0.15) is 18.4 Å². The van der Waals surface area contributed by atoms with Crippen LogP contribution < -0.4 is 14.4 Å². The van der Waals surface area contributed by atoms with Crippen molar-refractivity contribution in [3.05, 3.63) is 54.1 Å². The number of rotatable bonds is 4. The second-order valence-corrected chi connectivity index (χ2v) is 7.85. The van der Waals surface area contributed by atoms with E-state index in [1.165, 1.54) is 0 Å². The van der Waals surface area contributed by atoms with Crippen molar-refractivity contribution < 1.29 is 24.1 Å². The SMILES string of the molecule is O=C1OC(CN2CCC(O)(c3ccc4c(c3)OCO4)CC2)CN1c1ccccc1. The van der Waals surface area contributed by atoms with Crippen molar-refractivity contribution >= 4 is 11.8 Å². The molecule has 3 aliphatic heterocycles. The van der Waals surface area contributed by atoms with E-state index in [-0.39, 0.29) is 19.0 Å². The van der Waals surface area contributed by atoms with Gasteiger partial charge in [-0.25, -0.2) is 4.79 Å². The number of benzene rings is 2. The van der Waals surface area contributed by atoms with Gasteiger partial charge in [-0.2, -0.15) is 0 Å². The third-order valence-corrected chi connectivity index (χ3v) is 6.00. The highest BCUT2D eigenvalue weighted by Gasteiger charge is 2.38. The fraction of sp³-hybridized carbons (Fsp3) is 0.409. The van der Waals surface area contributed by atoms with Crippen molar-refractivity contribution in [2.24, 2.45) is 0 Å². The predicted octanol–water partition coefficient (Wildman–Crippen LogP) is 2.72. The van der Waals surface area contributed by atoms with Gasteiger partial charge in [0.25, 0.3) is 0 Å². The van der Waals surface area contributed by atoms with Gasteiger partial charge in [-0.15, -0.1) is 0 Å². The number of para-hydroxylation sites is 1. The molecule has 5 rings (SSSR count). The van der Waals surface area contributed by atoms with Crippen LogP contribution in [-0.2, 0) is 10.3 Å². The number of likely N-dealkylation sites (tertiary alicyclic amines) is 1. The molecule has 0 spiro atoms. The Morgan fingerprint density at radius 2 is 1.79 bits per heavy atom. The standard InChI is InChI=1S/C22H24N2O5/c25-21-24(17-4-2-1-3-5-17)14-18(29-21)13-23-10-8-22(26,9-11-23)16-6-7-19-20(12-16)28-15-27-19/h1-7,12,18,26H,8-11,13-15H2. The van der Waals surface area contributed by atoms with E-state index in [4.69, 9.17) is 14.2 Å². The van der Waals surface area contributed by atoms with Gasteiger partial charge in [0.1, 0.15) is 6.10 Å². The molecule has 2 saturated heterocycles. The van der Waals surface area contributed by atoms with Gasteiger partial charge in [0.05, 0.1) is 12.1 Å². The molecule has 7 heteroatoms. The lowest BCUT2D eigenvalue weighted by Crippen LogP contribution is -2.45. The third kappa shape index (κ3) is 3.52. The maximum Gasteiger partial charge on any atom is 0.414 e. The van der Waals surface area contributed by atoms with Gasteiger partial charge in [-0.05, 0) is 42.7 Å². The molecule has 7 nitrogen and oxygen atoms in total. The molecule has 2 fully saturated rings. The second-order valence-electron chi connectivity index (χ2n) is 7.85. The van der Waals surface area contributed by atoms with Crippen LogP contribution in [0.3, 0.4) is 0 Å². The topological polar surface area (TPSA) is 71.5 Å².